The topological polar surface area (TPSA) is 56.1 Å². The van der Waals surface area contributed by atoms with Crippen molar-refractivity contribution in [1.29, 1.82) is 0 Å². The molecular weight excluding hydrogens is 310 g/mol. The number of hydrogen-bond donors (Lipinski definition) is 1. The van der Waals surface area contributed by atoms with Crippen LogP contribution in [0.15, 0.2) is 53.7 Å². The van der Waals surface area contributed by atoms with Crippen molar-refractivity contribution in [2.75, 3.05) is 18.2 Å². The lowest BCUT2D eigenvalue weighted by atomic mass is 10.3. The summed E-state index contributed by atoms with van der Waals surface area (Å²) in [4.78, 5) is 16.7. The number of fused-ring (bicyclic) bond motifs is 1. The first-order valence-corrected chi connectivity index (χ1v) is 8.14. The fraction of sp³-hybridized carbons (Fsp3) is 0.176. The minimum atomic E-state index is -0.0912. The van der Waals surface area contributed by atoms with Crippen LogP contribution in [-0.4, -0.2) is 28.3 Å². The van der Waals surface area contributed by atoms with Gasteiger partial charge in [0, 0.05) is 7.05 Å². The van der Waals surface area contributed by atoms with Crippen molar-refractivity contribution < 1.29 is 9.53 Å². The number of aryl methyl sites for hydroxylation is 1. The largest absolute Gasteiger partial charge is 0.495 e. The highest BCUT2D eigenvalue weighted by molar-refractivity contribution is 7.99. The van der Waals surface area contributed by atoms with Crippen LogP contribution in [0.4, 0.5) is 5.69 Å². The molecule has 118 valence electrons. The van der Waals surface area contributed by atoms with Gasteiger partial charge in [0.25, 0.3) is 0 Å². The SMILES string of the molecule is COc1ccccc1NC(=O)CSc1nc2ccccc2n1C. The summed E-state index contributed by atoms with van der Waals surface area (Å²) in [6, 6.07) is 15.3. The van der Waals surface area contributed by atoms with Crippen LogP contribution in [0.1, 0.15) is 0 Å². The minimum Gasteiger partial charge on any atom is -0.495 e. The van der Waals surface area contributed by atoms with Crippen molar-refractivity contribution in [2.24, 2.45) is 7.05 Å². The molecule has 0 aliphatic heterocycles. The monoisotopic (exact) mass is 327 g/mol. The van der Waals surface area contributed by atoms with Gasteiger partial charge in [-0.15, -0.1) is 0 Å². The molecule has 6 heteroatoms. The van der Waals surface area contributed by atoms with E-state index in [0.29, 0.717) is 11.4 Å². The van der Waals surface area contributed by atoms with Gasteiger partial charge in [0.05, 0.1) is 29.6 Å². The molecule has 1 aromatic heterocycles. The highest BCUT2D eigenvalue weighted by Gasteiger charge is 2.11. The quantitative estimate of drug-likeness (QED) is 0.731. The molecule has 23 heavy (non-hydrogen) atoms. The Morgan fingerprint density at radius 1 is 1.22 bits per heavy atom. The molecule has 0 unspecified atom stereocenters. The van der Waals surface area contributed by atoms with E-state index >= 15 is 0 Å². The number of amides is 1. The number of anilines is 1. The number of nitrogens with zero attached hydrogens (tertiary/aromatic N) is 2. The van der Waals surface area contributed by atoms with Crippen molar-refractivity contribution in [3.05, 3.63) is 48.5 Å². The third-order valence-electron chi connectivity index (χ3n) is 3.46. The molecule has 3 aromatic rings. The van der Waals surface area contributed by atoms with E-state index in [-0.39, 0.29) is 11.7 Å². The van der Waals surface area contributed by atoms with Gasteiger partial charge in [-0.2, -0.15) is 0 Å². The summed E-state index contributed by atoms with van der Waals surface area (Å²) >= 11 is 1.41. The van der Waals surface area contributed by atoms with E-state index in [1.165, 1.54) is 11.8 Å². The lowest BCUT2D eigenvalue weighted by Gasteiger charge is -2.09. The zero-order chi connectivity index (χ0) is 16.2. The average Bonchev–Trinajstić information content (AvgIpc) is 2.90. The molecule has 0 radical (unpaired) electrons. The molecule has 5 nitrogen and oxygen atoms in total. The average molecular weight is 327 g/mol. The van der Waals surface area contributed by atoms with Gasteiger partial charge in [0.2, 0.25) is 5.91 Å². The van der Waals surface area contributed by atoms with Gasteiger partial charge in [-0.3, -0.25) is 4.79 Å². The van der Waals surface area contributed by atoms with Gasteiger partial charge >= 0.3 is 0 Å². The van der Waals surface area contributed by atoms with Crippen LogP contribution < -0.4 is 10.1 Å². The second-order valence-electron chi connectivity index (χ2n) is 4.98. The van der Waals surface area contributed by atoms with Crippen LogP contribution in [0.5, 0.6) is 5.75 Å². The van der Waals surface area contributed by atoms with E-state index in [4.69, 9.17) is 4.74 Å². The van der Waals surface area contributed by atoms with Gasteiger partial charge in [0.15, 0.2) is 5.16 Å². The number of rotatable bonds is 5. The Labute approximate surface area is 138 Å². The number of thioether (sulfide) groups is 1. The summed E-state index contributed by atoms with van der Waals surface area (Å²) in [7, 11) is 3.54. The summed E-state index contributed by atoms with van der Waals surface area (Å²) in [5, 5.41) is 3.68. The van der Waals surface area contributed by atoms with Crippen LogP contribution in [-0.2, 0) is 11.8 Å². The number of benzene rings is 2. The van der Waals surface area contributed by atoms with E-state index in [0.717, 1.165) is 16.2 Å². The number of imidazole rings is 1. The third kappa shape index (κ3) is 3.32. The number of aromatic nitrogens is 2. The zero-order valence-electron chi connectivity index (χ0n) is 12.9. The number of ether oxygens (including phenoxy) is 1. The van der Waals surface area contributed by atoms with Crippen molar-refractivity contribution in [3.63, 3.8) is 0 Å². The predicted molar refractivity (Wildman–Crippen MR) is 93.1 cm³/mol. The summed E-state index contributed by atoms with van der Waals surface area (Å²) < 4.78 is 7.23. The normalized spacial score (nSPS) is 10.7. The minimum absolute atomic E-state index is 0.0912. The summed E-state index contributed by atoms with van der Waals surface area (Å²) in [5.41, 5.74) is 2.66. The molecule has 1 N–H and O–H groups in total. The summed E-state index contributed by atoms with van der Waals surface area (Å²) in [5.74, 6) is 0.843. The standard InChI is InChI=1S/C17H17N3O2S/c1-20-14-9-5-3-7-12(14)19-17(20)23-11-16(21)18-13-8-4-6-10-15(13)22-2/h3-10H,11H2,1-2H3,(H,18,21). The second kappa shape index (κ2) is 6.75. The van der Waals surface area contributed by atoms with Crippen LogP contribution in [0.25, 0.3) is 11.0 Å². The first-order valence-electron chi connectivity index (χ1n) is 7.16. The Morgan fingerprint density at radius 3 is 2.74 bits per heavy atom. The molecule has 1 heterocycles. The molecule has 0 spiro atoms. The molecule has 0 atom stereocenters. The summed E-state index contributed by atoms with van der Waals surface area (Å²) in [6.45, 7) is 0. The van der Waals surface area contributed by atoms with Gasteiger partial charge in [0.1, 0.15) is 5.75 Å². The second-order valence-corrected chi connectivity index (χ2v) is 5.92. The van der Waals surface area contributed by atoms with Crippen LogP contribution >= 0.6 is 11.8 Å². The molecule has 0 fully saturated rings. The van der Waals surface area contributed by atoms with Crippen LogP contribution in [0, 0.1) is 0 Å². The molecule has 0 saturated heterocycles. The van der Waals surface area contributed by atoms with E-state index < -0.39 is 0 Å². The first-order chi connectivity index (χ1) is 11.2. The highest BCUT2D eigenvalue weighted by Crippen LogP contribution is 2.25. The molecule has 0 bridgehead atoms. The Balaban J connectivity index is 1.67. The maximum Gasteiger partial charge on any atom is 0.234 e. The maximum atomic E-state index is 12.2. The fourth-order valence-electron chi connectivity index (χ4n) is 2.32. The van der Waals surface area contributed by atoms with E-state index in [9.17, 15) is 4.79 Å². The third-order valence-corrected chi connectivity index (χ3v) is 4.49. The lowest BCUT2D eigenvalue weighted by molar-refractivity contribution is -0.113. The number of nitrogens with one attached hydrogen (secondary N) is 1. The van der Waals surface area contributed by atoms with Crippen molar-refractivity contribution in [2.45, 2.75) is 5.16 Å². The van der Waals surface area contributed by atoms with E-state index in [2.05, 4.69) is 10.3 Å². The van der Waals surface area contributed by atoms with Gasteiger partial charge in [-0.25, -0.2) is 4.98 Å². The Bertz CT molecular complexity index is 845. The van der Waals surface area contributed by atoms with E-state index in [1.54, 1.807) is 7.11 Å². The molecule has 3 rings (SSSR count). The Morgan fingerprint density at radius 2 is 1.96 bits per heavy atom. The maximum absolute atomic E-state index is 12.2. The van der Waals surface area contributed by atoms with Gasteiger partial charge < -0.3 is 14.6 Å². The van der Waals surface area contributed by atoms with Gasteiger partial charge in [-0.1, -0.05) is 36.0 Å². The molecule has 0 saturated carbocycles. The number of hydrogen-bond acceptors (Lipinski definition) is 4. The van der Waals surface area contributed by atoms with Crippen molar-refractivity contribution in [3.8, 4) is 5.75 Å². The Kier molecular flexibility index (Phi) is 4.52. The van der Waals surface area contributed by atoms with Crippen molar-refractivity contribution in [1.82, 2.24) is 9.55 Å². The number of para-hydroxylation sites is 4. The first kappa shape index (κ1) is 15.4. The van der Waals surface area contributed by atoms with E-state index in [1.807, 2.05) is 60.1 Å². The molecule has 0 aliphatic rings. The van der Waals surface area contributed by atoms with Crippen LogP contribution in [0.3, 0.4) is 0 Å². The van der Waals surface area contributed by atoms with Gasteiger partial charge in [-0.05, 0) is 24.3 Å². The van der Waals surface area contributed by atoms with Crippen LogP contribution in [0.2, 0.25) is 0 Å². The number of carbonyl (C=O) groups excluding carboxylic acids is 1. The van der Waals surface area contributed by atoms with Crippen molar-refractivity contribution >= 4 is 34.4 Å². The molecule has 0 aliphatic carbocycles. The molecule has 2 aromatic carbocycles. The predicted octanol–water partition coefficient (Wildman–Crippen LogP) is 3.31. The lowest BCUT2D eigenvalue weighted by Crippen LogP contribution is -2.15. The number of carbonyl (C=O) groups is 1. The molecule has 1 amide bonds. The summed E-state index contributed by atoms with van der Waals surface area (Å²) in [6.07, 6.45) is 0. The smallest absolute Gasteiger partial charge is 0.234 e. The zero-order valence-corrected chi connectivity index (χ0v) is 13.8. The number of methoxy groups -OCH3 is 1. The fourth-order valence-corrected chi connectivity index (χ4v) is 3.10. The molecular formula is C17H17N3O2S. The Hall–Kier alpha value is -2.47. The highest BCUT2D eigenvalue weighted by atomic mass is 32.2.